The van der Waals surface area contributed by atoms with Gasteiger partial charge in [0.2, 0.25) is 11.8 Å². The van der Waals surface area contributed by atoms with Gasteiger partial charge >= 0.3 is 0 Å². The van der Waals surface area contributed by atoms with Crippen LogP contribution in [0.3, 0.4) is 0 Å². The number of halogens is 1. The molecule has 5 heteroatoms. The molecule has 0 unspecified atom stereocenters. The van der Waals surface area contributed by atoms with Crippen molar-refractivity contribution in [2.24, 2.45) is 23.7 Å². The molecule has 3 aliphatic rings. The average molecular weight is 285 g/mol. The van der Waals surface area contributed by atoms with Crippen molar-refractivity contribution >= 4 is 11.8 Å². The Hall–Kier alpha value is -0.870. The molecule has 1 heterocycles. The molecule has 2 bridgehead atoms. The summed E-state index contributed by atoms with van der Waals surface area (Å²) in [6, 6.07) is 0. The lowest BCUT2D eigenvalue weighted by Crippen LogP contribution is -3.00. The molecule has 2 amide bonds. The molecule has 0 aromatic carbocycles. The molecule has 4 atom stereocenters. The Morgan fingerprint density at radius 3 is 2.00 bits per heavy atom. The summed E-state index contributed by atoms with van der Waals surface area (Å²) in [5.41, 5.74) is 0. The van der Waals surface area contributed by atoms with Crippen LogP contribution in [-0.4, -0.2) is 55.4 Å². The lowest BCUT2D eigenvalue weighted by Gasteiger charge is -2.26. The maximum atomic E-state index is 12.4. The van der Waals surface area contributed by atoms with E-state index in [9.17, 15) is 9.59 Å². The first-order chi connectivity index (χ1) is 8.38. The third-order valence-electron chi connectivity index (χ3n) is 4.56. The van der Waals surface area contributed by atoms with Crippen LogP contribution in [0.4, 0.5) is 0 Å². The van der Waals surface area contributed by atoms with E-state index in [2.05, 4.69) is 33.3 Å². The lowest BCUT2D eigenvalue weighted by molar-refractivity contribution is -0.869. The van der Waals surface area contributed by atoms with Crippen molar-refractivity contribution in [3.8, 4) is 0 Å². The highest BCUT2D eigenvalue weighted by Gasteiger charge is 2.59. The number of carbonyl (C=O) groups excluding carboxylic acids is 2. The van der Waals surface area contributed by atoms with Crippen LogP contribution >= 0.6 is 0 Å². The van der Waals surface area contributed by atoms with E-state index < -0.39 is 0 Å². The Kier molecular flexibility index (Phi) is 3.52. The fraction of sp³-hybridized carbons (Fsp3) is 0.714. The average Bonchev–Trinajstić information content (AvgIpc) is 2.90. The third-order valence-corrected chi connectivity index (χ3v) is 4.56. The van der Waals surface area contributed by atoms with Crippen LogP contribution in [0.25, 0.3) is 0 Å². The van der Waals surface area contributed by atoms with E-state index in [1.165, 1.54) is 4.90 Å². The van der Waals surface area contributed by atoms with E-state index in [0.717, 1.165) is 17.4 Å². The largest absolute Gasteiger partial charge is 1.00 e. The number of amides is 2. The smallest absolute Gasteiger partial charge is 0.233 e. The molecule has 3 rings (SSSR count). The second kappa shape index (κ2) is 4.60. The van der Waals surface area contributed by atoms with Crippen molar-refractivity contribution < 1.29 is 26.5 Å². The fourth-order valence-electron chi connectivity index (χ4n) is 3.58. The summed E-state index contributed by atoms with van der Waals surface area (Å²) < 4.78 is 0.775. The van der Waals surface area contributed by atoms with E-state index in [4.69, 9.17) is 0 Å². The van der Waals surface area contributed by atoms with Gasteiger partial charge in [-0.25, -0.2) is 0 Å². The van der Waals surface area contributed by atoms with Crippen molar-refractivity contribution in [1.82, 2.24) is 4.90 Å². The van der Waals surface area contributed by atoms with Gasteiger partial charge in [-0.05, 0) is 18.3 Å². The normalized spacial score (nSPS) is 35.8. The highest BCUT2D eigenvalue weighted by molar-refractivity contribution is 6.06. The summed E-state index contributed by atoms with van der Waals surface area (Å²) >= 11 is 0. The number of nitrogens with zero attached hydrogens (tertiary/aromatic N) is 2. The number of hydrogen-bond acceptors (Lipinski definition) is 2. The van der Waals surface area contributed by atoms with Gasteiger partial charge in [0.25, 0.3) is 0 Å². The summed E-state index contributed by atoms with van der Waals surface area (Å²) in [6.07, 6.45) is 5.29. The van der Waals surface area contributed by atoms with Crippen molar-refractivity contribution in [3.05, 3.63) is 12.2 Å². The second-order valence-corrected chi connectivity index (χ2v) is 6.84. The van der Waals surface area contributed by atoms with Gasteiger partial charge in [-0.1, -0.05) is 12.2 Å². The molecule has 0 aromatic heterocycles. The predicted octanol–water partition coefficient (Wildman–Crippen LogP) is -2.50. The molecule has 2 fully saturated rings. The molecule has 1 aliphatic heterocycles. The standard InChI is InChI=1S/C14H21N2O2.ClH/c1-16(2,3)7-6-15-13(17)11-9-4-5-10(8-9)12(11)14(15)18;/h4-5,9-12H,6-8H2,1-3H3;1H/q+1;/p-1/t9-,10+,11-,12+;. The van der Waals surface area contributed by atoms with Gasteiger partial charge in [-0.15, -0.1) is 0 Å². The van der Waals surface area contributed by atoms with Crippen LogP contribution in [0.5, 0.6) is 0 Å². The number of likely N-dealkylation sites (N-methyl/N-ethyl adjacent to an activating group) is 1. The molecule has 0 N–H and O–H groups in total. The molecular weight excluding hydrogens is 264 g/mol. The number of allylic oxidation sites excluding steroid dienone is 2. The number of hydrogen-bond donors (Lipinski definition) is 0. The van der Waals surface area contributed by atoms with Crippen LogP contribution in [0.1, 0.15) is 6.42 Å². The van der Waals surface area contributed by atoms with Gasteiger partial charge in [0.1, 0.15) is 0 Å². The van der Waals surface area contributed by atoms with Crippen LogP contribution in [0.15, 0.2) is 12.2 Å². The topological polar surface area (TPSA) is 37.4 Å². The minimum atomic E-state index is -0.0417. The highest BCUT2D eigenvalue weighted by Crippen LogP contribution is 2.52. The SMILES string of the molecule is C[N+](C)(C)CCN1C(=O)[C@@H]2[C@H](C1=O)[C@@H]1C=C[C@H]2C1.[Cl-]. The minimum absolute atomic E-state index is 0. The molecule has 4 nitrogen and oxygen atoms in total. The Morgan fingerprint density at radius 1 is 1.11 bits per heavy atom. The van der Waals surface area contributed by atoms with Crippen LogP contribution in [0.2, 0.25) is 0 Å². The van der Waals surface area contributed by atoms with E-state index >= 15 is 0 Å². The quantitative estimate of drug-likeness (QED) is 0.327. The number of imide groups is 1. The zero-order chi connectivity index (χ0) is 13.1. The van der Waals surface area contributed by atoms with Gasteiger partial charge in [-0.2, -0.15) is 0 Å². The Morgan fingerprint density at radius 2 is 1.58 bits per heavy atom. The van der Waals surface area contributed by atoms with Gasteiger partial charge < -0.3 is 16.9 Å². The molecule has 0 spiro atoms. The molecule has 1 saturated carbocycles. The van der Waals surface area contributed by atoms with Gasteiger partial charge in [0.15, 0.2) is 0 Å². The molecule has 106 valence electrons. The van der Waals surface area contributed by atoms with Crippen molar-refractivity contribution in [3.63, 3.8) is 0 Å². The molecule has 19 heavy (non-hydrogen) atoms. The van der Waals surface area contributed by atoms with Crippen molar-refractivity contribution in [1.29, 1.82) is 0 Å². The predicted molar refractivity (Wildman–Crippen MR) is 67.3 cm³/mol. The van der Waals surface area contributed by atoms with Gasteiger partial charge in [0, 0.05) is 0 Å². The number of carbonyl (C=O) groups is 2. The molecule has 1 saturated heterocycles. The summed E-state index contributed by atoms with van der Waals surface area (Å²) in [7, 11) is 6.24. The lowest BCUT2D eigenvalue weighted by atomic mass is 9.85. The van der Waals surface area contributed by atoms with Crippen LogP contribution in [-0.2, 0) is 9.59 Å². The van der Waals surface area contributed by atoms with Crippen LogP contribution < -0.4 is 12.4 Å². The van der Waals surface area contributed by atoms with E-state index in [0.29, 0.717) is 18.4 Å². The molecular formula is C14H21ClN2O2. The molecule has 0 aromatic rings. The Bertz CT molecular complexity index is 411. The maximum Gasteiger partial charge on any atom is 0.233 e. The number of rotatable bonds is 3. The van der Waals surface area contributed by atoms with E-state index in [-0.39, 0.29) is 36.1 Å². The Labute approximate surface area is 120 Å². The van der Waals surface area contributed by atoms with Crippen molar-refractivity contribution in [2.45, 2.75) is 6.42 Å². The first-order valence-corrected chi connectivity index (χ1v) is 6.72. The summed E-state index contributed by atoms with van der Waals surface area (Å²) in [4.78, 5) is 26.3. The molecule has 0 radical (unpaired) electrons. The third kappa shape index (κ3) is 2.21. The number of quaternary nitrogens is 1. The zero-order valence-corrected chi connectivity index (χ0v) is 12.4. The van der Waals surface area contributed by atoms with Crippen molar-refractivity contribution in [2.75, 3.05) is 34.2 Å². The first-order valence-electron chi connectivity index (χ1n) is 6.72. The maximum absolute atomic E-state index is 12.4. The first kappa shape index (κ1) is 14.5. The summed E-state index contributed by atoms with van der Waals surface area (Å²) in [6.45, 7) is 1.38. The monoisotopic (exact) mass is 284 g/mol. The summed E-state index contributed by atoms with van der Waals surface area (Å²) in [5, 5.41) is 0. The van der Waals surface area contributed by atoms with Gasteiger partial charge in [0.05, 0.1) is 46.1 Å². The second-order valence-electron chi connectivity index (χ2n) is 6.84. The minimum Gasteiger partial charge on any atom is -1.00 e. The van der Waals surface area contributed by atoms with Crippen LogP contribution in [0, 0.1) is 23.7 Å². The number of fused-ring (bicyclic) bond motifs is 5. The van der Waals surface area contributed by atoms with E-state index in [1.807, 2.05) is 0 Å². The van der Waals surface area contributed by atoms with Gasteiger partial charge in [-0.3, -0.25) is 14.5 Å². The number of likely N-dealkylation sites (tertiary alicyclic amines) is 1. The Balaban J connectivity index is 0.00000133. The zero-order valence-electron chi connectivity index (χ0n) is 11.7. The van der Waals surface area contributed by atoms with E-state index in [1.54, 1.807) is 0 Å². The fourth-order valence-corrected chi connectivity index (χ4v) is 3.58. The summed E-state index contributed by atoms with van der Waals surface area (Å²) in [5.74, 6) is 0.724. The molecule has 2 aliphatic carbocycles. The highest BCUT2D eigenvalue weighted by atomic mass is 35.5.